The van der Waals surface area contributed by atoms with Gasteiger partial charge in [-0.1, -0.05) is 47.4 Å². The summed E-state index contributed by atoms with van der Waals surface area (Å²) in [6.07, 6.45) is -2.81. The summed E-state index contributed by atoms with van der Waals surface area (Å²) in [5.74, 6) is -1.69. The molecule has 2 amide bonds. The van der Waals surface area contributed by atoms with Gasteiger partial charge in [0.05, 0.1) is 32.3 Å². The Morgan fingerprint density at radius 3 is 2.52 bits per heavy atom. The second kappa shape index (κ2) is 12.9. The molecule has 0 radical (unpaired) electrons. The number of rotatable bonds is 10. The Morgan fingerprint density at radius 1 is 1.12 bits per heavy atom. The number of aryl methyl sites for hydroxylation is 1. The van der Waals surface area contributed by atoms with Crippen LogP contribution in [0.2, 0.25) is 15.1 Å². The van der Waals surface area contributed by atoms with Crippen LogP contribution < -0.4 is 20.7 Å². The van der Waals surface area contributed by atoms with Gasteiger partial charge >= 0.3 is 0 Å². The van der Waals surface area contributed by atoms with Crippen molar-refractivity contribution in [3.63, 3.8) is 0 Å². The second-order valence-electron chi connectivity index (χ2n) is 9.13. The number of hydrogen-bond donors (Lipinski definition) is 3. The molecule has 4 rings (SSSR count). The third kappa shape index (κ3) is 7.10. The number of amides is 2. The van der Waals surface area contributed by atoms with E-state index in [2.05, 4.69) is 27.5 Å². The number of anilines is 3. The van der Waals surface area contributed by atoms with Crippen LogP contribution in [0.3, 0.4) is 0 Å². The van der Waals surface area contributed by atoms with Crippen molar-refractivity contribution in [2.24, 2.45) is 7.05 Å². The first-order valence-electron chi connectivity index (χ1n) is 12.2. The number of carbonyl (C=O) groups excluding carboxylic acids is 2. The van der Waals surface area contributed by atoms with Crippen LogP contribution in [-0.4, -0.2) is 34.4 Å². The first-order valence-corrected chi connectivity index (χ1v) is 13.3. The van der Waals surface area contributed by atoms with Crippen LogP contribution >= 0.6 is 34.8 Å². The highest BCUT2D eigenvalue weighted by Gasteiger charge is 2.21. The maximum atomic E-state index is 13.8. The van der Waals surface area contributed by atoms with E-state index in [1.807, 2.05) is 0 Å². The molecular formula is C28H23Cl3F3N5O3. The van der Waals surface area contributed by atoms with Crippen molar-refractivity contribution in [3.05, 3.63) is 86.6 Å². The van der Waals surface area contributed by atoms with E-state index in [1.54, 1.807) is 30.7 Å². The van der Waals surface area contributed by atoms with E-state index in [-0.39, 0.29) is 50.5 Å². The van der Waals surface area contributed by atoms with E-state index in [4.69, 9.17) is 39.5 Å². The molecule has 0 aliphatic carbocycles. The van der Waals surface area contributed by atoms with Gasteiger partial charge in [-0.05, 0) is 42.8 Å². The van der Waals surface area contributed by atoms with Gasteiger partial charge in [0.1, 0.15) is 18.2 Å². The Labute approximate surface area is 253 Å². The zero-order valence-corrected chi connectivity index (χ0v) is 24.4. The predicted octanol–water partition coefficient (Wildman–Crippen LogP) is 7.50. The van der Waals surface area contributed by atoms with Gasteiger partial charge in [-0.25, -0.2) is 18.2 Å². The van der Waals surface area contributed by atoms with Gasteiger partial charge in [0.2, 0.25) is 11.9 Å². The normalized spacial score (nSPS) is 11.1. The van der Waals surface area contributed by atoms with Gasteiger partial charge in [0, 0.05) is 35.9 Å². The van der Waals surface area contributed by atoms with E-state index in [0.29, 0.717) is 27.9 Å². The number of alkyl halides is 2. The van der Waals surface area contributed by atoms with Crippen molar-refractivity contribution in [2.75, 3.05) is 17.2 Å². The van der Waals surface area contributed by atoms with Crippen molar-refractivity contribution >= 4 is 75.0 Å². The first kappa shape index (κ1) is 31.0. The Morgan fingerprint density at radius 2 is 1.86 bits per heavy atom. The summed E-state index contributed by atoms with van der Waals surface area (Å²) in [6, 6.07) is 9.44. The number of carbonyl (C=O) groups is 2. The number of hydrogen-bond acceptors (Lipinski definition) is 5. The number of ether oxygens (including phenoxy) is 1. The standard InChI is InChI=1S/C28H23Cl3F3N5O3/c1-13(2)26(40)35-11-14-4-5-19(30)25(24(14)31)38-28-37-20-9-18(22(42-12-23(33)34)10-21(20)39(28)3)27(41)36-17-7-15(29)6-16(32)8-17/h4-10,23H,1,11-12H2,2-3H3,(H,35,40)(H,36,41)(H,37,38). The quantitative estimate of drug-likeness (QED) is 0.156. The first-order chi connectivity index (χ1) is 19.8. The molecule has 220 valence electrons. The maximum absolute atomic E-state index is 13.8. The van der Waals surface area contributed by atoms with E-state index < -0.39 is 24.8 Å². The Hall–Kier alpha value is -3.93. The summed E-state index contributed by atoms with van der Waals surface area (Å²) < 4.78 is 46.7. The van der Waals surface area contributed by atoms with Crippen molar-refractivity contribution in [2.45, 2.75) is 19.9 Å². The van der Waals surface area contributed by atoms with Crippen molar-refractivity contribution in [3.8, 4) is 5.75 Å². The Kier molecular flexibility index (Phi) is 9.55. The SMILES string of the molecule is C=C(C)C(=O)NCc1ccc(Cl)c(Nc2nc3cc(C(=O)Nc4cc(F)cc(Cl)c4)c(OCC(F)F)cc3n2C)c1Cl. The summed E-state index contributed by atoms with van der Waals surface area (Å²) >= 11 is 18.9. The lowest BCUT2D eigenvalue weighted by atomic mass is 10.1. The smallest absolute Gasteiger partial charge is 0.272 e. The molecule has 0 aliphatic heterocycles. The maximum Gasteiger partial charge on any atom is 0.272 e. The van der Waals surface area contributed by atoms with Crippen LogP contribution in [0.25, 0.3) is 11.0 Å². The van der Waals surface area contributed by atoms with Gasteiger partial charge in [-0.3, -0.25) is 9.59 Å². The molecule has 1 aromatic heterocycles. The van der Waals surface area contributed by atoms with Crippen LogP contribution in [0.5, 0.6) is 5.75 Å². The molecule has 0 bridgehead atoms. The lowest BCUT2D eigenvalue weighted by Crippen LogP contribution is -2.23. The van der Waals surface area contributed by atoms with Crippen molar-refractivity contribution < 1.29 is 27.5 Å². The minimum Gasteiger partial charge on any atom is -0.487 e. The highest BCUT2D eigenvalue weighted by atomic mass is 35.5. The Bertz CT molecular complexity index is 1690. The van der Waals surface area contributed by atoms with Crippen LogP contribution in [0, 0.1) is 5.82 Å². The van der Waals surface area contributed by atoms with Gasteiger partial charge in [-0.2, -0.15) is 0 Å². The molecule has 0 atom stereocenters. The van der Waals surface area contributed by atoms with Crippen LogP contribution in [0.4, 0.5) is 30.5 Å². The van der Waals surface area contributed by atoms with Crippen LogP contribution in [0.15, 0.2) is 54.6 Å². The number of nitrogens with one attached hydrogen (secondary N) is 3. The number of benzene rings is 3. The fourth-order valence-electron chi connectivity index (χ4n) is 3.89. The Balaban J connectivity index is 1.70. The monoisotopic (exact) mass is 639 g/mol. The summed E-state index contributed by atoms with van der Waals surface area (Å²) in [5.41, 5.74) is 1.84. The van der Waals surface area contributed by atoms with Crippen molar-refractivity contribution in [1.82, 2.24) is 14.9 Å². The van der Waals surface area contributed by atoms with Gasteiger partial charge < -0.3 is 25.3 Å². The summed E-state index contributed by atoms with van der Waals surface area (Å²) in [4.78, 5) is 29.6. The van der Waals surface area contributed by atoms with E-state index in [9.17, 15) is 22.8 Å². The molecule has 0 fully saturated rings. The molecule has 3 aromatic carbocycles. The zero-order valence-electron chi connectivity index (χ0n) is 22.1. The number of aromatic nitrogens is 2. The predicted molar refractivity (Wildman–Crippen MR) is 158 cm³/mol. The number of halogens is 6. The molecule has 0 unspecified atom stereocenters. The third-order valence-corrected chi connectivity index (χ3v) is 6.91. The highest BCUT2D eigenvalue weighted by molar-refractivity contribution is 6.39. The lowest BCUT2D eigenvalue weighted by molar-refractivity contribution is -0.117. The lowest BCUT2D eigenvalue weighted by Gasteiger charge is -2.14. The summed E-state index contributed by atoms with van der Waals surface area (Å²) in [7, 11) is 1.64. The van der Waals surface area contributed by atoms with E-state index >= 15 is 0 Å². The average molecular weight is 641 g/mol. The number of imidazole rings is 1. The molecule has 3 N–H and O–H groups in total. The molecule has 0 spiro atoms. The zero-order chi connectivity index (χ0) is 30.7. The highest BCUT2D eigenvalue weighted by Crippen LogP contribution is 2.37. The van der Waals surface area contributed by atoms with Gasteiger partial charge in [-0.15, -0.1) is 0 Å². The fourth-order valence-corrected chi connectivity index (χ4v) is 4.64. The second-order valence-corrected chi connectivity index (χ2v) is 10.4. The number of nitrogens with zero attached hydrogens (tertiary/aromatic N) is 2. The van der Waals surface area contributed by atoms with Crippen LogP contribution in [-0.2, 0) is 18.4 Å². The van der Waals surface area contributed by atoms with Gasteiger partial charge in [0.25, 0.3) is 12.3 Å². The average Bonchev–Trinajstić information content (AvgIpc) is 3.21. The molecule has 1 heterocycles. The molecule has 42 heavy (non-hydrogen) atoms. The molecule has 0 saturated carbocycles. The minimum absolute atomic E-state index is 0.0509. The molecular weight excluding hydrogens is 618 g/mol. The van der Waals surface area contributed by atoms with Gasteiger partial charge in [0.15, 0.2) is 0 Å². The molecule has 4 aromatic rings. The summed E-state index contributed by atoms with van der Waals surface area (Å²) in [5, 5.41) is 8.79. The topological polar surface area (TPSA) is 97.3 Å². The van der Waals surface area contributed by atoms with Crippen molar-refractivity contribution in [1.29, 1.82) is 0 Å². The van der Waals surface area contributed by atoms with E-state index in [1.165, 1.54) is 18.2 Å². The third-order valence-electron chi connectivity index (χ3n) is 5.95. The minimum atomic E-state index is -2.81. The molecule has 14 heteroatoms. The van der Waals surface area contributed by atoms with Crippen LogP contribution in [0.1, 0.15) is 22.8 Å². The summed E-state index contributed by atoms with van der Waals surface area (Å²) in [6.45, 7) is 4.31. The molecule has 8 nitrogen and oxygen atoms in total. The number of fused-ring (bicyclic) bond motifs is 1. The molecule has 0 aliphatic rings. The van der Waals surface area contributed by atoms with E-state index in [0.717, 1.165) is 12.1 Å². The fraction of sp³-hybridized carbons (Fsp3) is 0.179. The largest absolute Gasteiger partial charge is 0.487 e. The molecule has 0 saturated heterocycles.